The molecule has 4 aromatic rings. The second kappa shape index (κ2) is 11.0. The molecule has 4 rings (SSSR count). The summed E-state index contributed by atoms with van der Waals surface area (Å²) < 4.78 is 12.4. The van der Waals surface area contributed by atoms with E-state index in [1.165, 1.54) is 18.0 Å². The minimum atomic E-state index is -0.253. The maximum absolute atomic E-state index is 12.2. The van der Waals surface area contributed by atoms with Gasteiger partial charge in [-0.05, 0) is 60.7 Å². The molecule has 0 unspecified atom stereocenters. The van der Waals surface area contributed by atoms with Crippen molar-refractivity contribution in [2.24, 2.45) is 5.10 Å². The fourth-order valence-corrected chi connectivity index (χ4v) is 3.68. The molecular weight excluding hydrogens is 438 g/mol. The third-order valence-electron chi connectivity index (χ3n) is 4.48. The average molecular weight is 460 g/mol. The molecule has 2 aromatic carbocycles. The number of para-hydroxylation sites is 1. The van der Waals surface area contributed by atoms with Crippen LogP contribution in [0.4, 0.5) is 0 Å². The fraction of sp³-hybridized carbons (Fsp3) is 0.0833. The number of hydrazone groups is 1. The first-order valence-corrected chi connectivity index (χ1v) is 11.0. The van der Waals surface area contributed by atoms with Crippen LogP contribution in [0.15, 0.2) is 93.7 Å². The zero-order chi connectivity index (χ0) is 22.9. The first-order valence-electron chi connectivity index (χ1n) is 10.0. The highest BCUT2D eigenvalue weighted by atomic mass is 32.2. The molecule has 2 heterocycles. The number of methoxy groups -OCH3 is 1. The van der Waals surface area contributed by atoms with Gasteiger partial charge in [-0.1, -0.05) is 30.0 Å². The van der Waals surface area contributed by atoms with E-state index in [4.69, 9.17) is 9.15 Å². The van der Waals surface area contributed by atoms with Crippen LogP contribution in [-0.4, -0.2) is 39.7 Å². The minimum Gasteiger partial charge on any atom is -0.497 e. The van der Waals surface area contributed by atoms with Gasteiger partial charge in [0.25, 0.3) is 5.91 Å². The normalized spacial score (nSPS) is 11.3. The standard InChI is InChI=1S/C24H21N5O3S/c1-31-20-13-11-18(12-14-20)23-27-28-24(29(23)19-7-3-2-4-8-19)33-17-22(30)26-25-15-5-9-21-10-6-16-32-21/h2-16H,17H2,1H3,(H,26,30). The SMILES string of the molecule is COc1ccc(-c2nnc(SCC(=O)NN=CC=Cc3ccco3)n2-c2ccccc2)cc1. The number of allylic oxidation sites excluding steroid dienone is 1. The van der Waals surface area contributed by atoms with E-state index in [2.05, 4.69) is 20.7 Å². The zero-order valence-corrected chi connectivity index (χ0v) is 18.6. The lowest BCUT2D eigenvalue weighted by Crippen LogP contribution is -2.19. The van der Waals surface area contributed by atoms with Crippen molar-refractivity contribution in [3.63, 3.8) is 0 Å². The summed E-state index contributed by atoms with van der Waals surface area (Å²) in [5.74, 6) is 2.02. The molecule has 0 saturated carbocycles. The van der Waals surface area contributed by atoms with Crippen molar-refractivity contribution in [1.29, 1.82) is 0 Å². The van der Waals surface area contributed by atoms with Crippen molar-refractivity contribution >= 4 is 30.0 Å². The molecule has 0 fully saturated rings. The number of benzene rings is 2. The van der Waals surface area contributed by atoms with Gasteiger partial charge >= 0.3 is 0 Å². The molecule has 2 aromatic heterocycles. The summed E-state index contributed by atoms with van der Waals surface area (Å²) in [6.45, 7) is 0. The quantitative estimate of drug-likeness (QED) is 0.226. The van der Waals surface area contributed by atoms with Gasteiger partial charge < -0.3 is 9.15 Å². The number of nitrogens with one attached hydrogen (secondary N) is 1. The van der Waals surface area contributed by atoms with Gasteiger partial charge in [-0.15, -0.1) is 10.2 Å². The number of aromatic nitrogens is 3. The van der Waals surface area contributed by atoms with Gasteiger partial charge in [0.2, 0.25) is 0 Å². The lowest BCUT2D eigenvalue weighted by Gasteiger charge is -2.10. The molecule has 0 aliphatic carbocycles. The van der Waals surface area contributed by atoms with Crippen molar-refractivity contribution in [2.75, 3.05) is 12.9 Å². The lowest BCUT2D eigenvalue weighted by atomic mass is 10.2. The number of carbonyl (C=O) groups excluding carboxylic acids is 1. The molecule has 8 nitrogen and oxygen atoms in total. The average Bonchev–Trinajstić information content (AvgIpc) is 3.53. The summed E-state index contributed by atoms with van der Waals surface area (Å²) >= 11 is 1.28. The van der Waals surface area contributed by atoms with E-state index in [0.29, 0.717) is 16.7 Å². The smallest absolute Gasteiger partial charge is 0.250 e. The van der Waals surface area contributed by atoms with Gasteiger partial charge in [0, 0.05) is 17.5 Å². The number of furan rings is 1. The molecule has 33 heavy (non-hydrogen) atoms. The summed E-state index contributed by atoms with van der Waals surface area (Å²) in [5.41, 5.74) is 4.29. The van der Waals surface area contributed by atoms with Crippen LogP contribution in [0.25, 0.3) is 23.2 Å². The molecule has 0 bridgehead atoms. The molecule has 9 heteroatoms. The number of hydrogen-bond acceptors (Lipinski definition) is 7. The van der Waals surface area contributed by atoms with Crippen LogP contribution >= 0.6 is 11.8 Å². The Bertz CT molecular complexity index is 1230. The largest absolute Gasteiger partial charge is 0.497 e. The first kappa shape index (κ1) is 22.1. The Hall–Kier alpha value is -4.11. The van der Waals surface area contributed by atoms with Crippen molar-refractivity contribution in [3.05, 3.63) is 84.8 Å². The Kier molecular flexibility index (Phi) is 7.34. The van der Waals surface area contributed by atoms with E-state index in [0.717, 1.165) is 17.0 Å². The molecule has 1 N–H and O–H groups in total. The summed E-state index contributed by atoms with van der Waals surface area (Å²) in [6, 6.07) is 21.0. The molecule has 0 radical (unpaired) electrons. The molecule has 1 amide bonds. The summed E-state index contributed by atoms with van der Waals surface area (Å²) in [4.78, 5) is 12.2. The molecule has 166 valence electrons. The first-order chi connectivity index (χ1) is 16.2. The maximum Gasteiger partial charge on any atom is 0.250 e. The van der Waals surface area contributed by atoms with Gasteiger partial charge in [-0.2, -0.15) is 5.10 Å². The van der Waals surface area contributed by atoms with E-state index in [1.807, 2.05) is 65.2 Å². The Morgan fingerprint density at radius 3 is 2.67 bits per heavy atom. The van der Waals surface area contributed by atoms with Gasteiger partial charge in [-0.25, -0.2) is 5.43 Å². The van der Waals surface area contributed by atoms with Crippen molar-refractivity contribution in [2.45, 2.75) is 5.16 Å². The molecule has 0 aliphatic rings. The molecular formula is C24H21N5O3S. The number of hydrogen-bond donors (Lipinski definition) is 1. The van der Waals surface area contributed by atoms with E-state index in [9.17, 15) is 4.79 Å². The topological polar surface area (TPSA) is 94.5 Å². The van der Waals surface area contributed by atoms with Crippen LogP contribution in [0.2, 0.25) is 0 Å². The minimum absolute atomic E-state index is 0.132. The zero-order valence-electron chi connectivity index (χ0n) is 17.8. The van der Waals surface area contributed by atoms with Crippen LogP contribution in [0.3, 0.4) is 0 Å². The van der Waals surface area contributed by atoms with Gasteiger partial charge in [-0.3, -0.25) is 9.36 Å². The van der Waals surface area contributed by atoms with E-state index >= 15 is 0 Å². The third-order valence-corrected chi connectivity index (χ3v) is 5.41. The summed E-state index contributed by atoms with van der Waals surface area (Å²) in [7, 11) is 1.63. The number of amides is 1. The van der Waals surface area contributed by atoms with Gasteiger partial charge in [0.1, 0.15) is 11.5 Å². The van der Waals surface area contributed by atoms with Crippen LogP contribution < -0.4 is 10.2 Å². The third kappa shape index (κ3) is 5.78. The second-order valence-corrected chi connectivity index (χ2v) is 7.62. The summed E-state index contributed by atoms with van der Waals surface area (Å²) in [6.07, 6.45) is 6.50. The van der Waals surface area contributed by atoms with Crippen molar-refractivity contribution < 1.29 is 13.9 Å². The Morgan fingerprint density at radius 2 is 1.94 bits per heavy atom. The van der Waals surface area contributed by atoms with Crippen LogP contribution in [0, 0.1) is 0 Å². The number of ether oxygens (including phenoxy) is 1. The Morgan fingerprint density at radius 1 is 1.12 bits per heavy atom. The number of nitrogens with zero attached hydrogens (tertiary/aromatic N) is 4. The van der Waals surface area contributed by atoms with Crippen LogP contribution in [0.1, 0.15) is 5.76 Å². The molecule has 0 atom stereocenters. The van der Waals surface area contributed by atoms with E-state index in [-0.39, 0.29) is 11.7 Å². The number of thioether (sulfide) groups is 1. The predicted molar refractivity (Wildman–Crippen MR) is 128 cm³/mol. The molecule has 0 aliphatic heterocycles. The van der Waals surface area contributed by atoms with E-state index in [1.54, 1.807) is 31.6 Å². The van der Waals surface area contributed by atoms with Crippen LogP contribution in [-0.2, 0) is 4.79 Å². The highest BCUT2D eigenvalue weighted by Gasteiger charge is 2.17. The molecule has 0 saturated heterocycles. The fourth-order valence-electron chi connectivity index (χ4n) is 2.94. The van der Waals surface area contributed by atoms with Crippen molar-refractivity contribution in [1.82, 2.24) is 20.2 Å². The van der Waals surface area contributed by atoms with Gasteiger partial charge in [0.15, 0.2) is 11.0 Å². The number of carbonyl (C=O) groups is 1. The maximum atomic E-state index is 12.2. The highest BCUT2D eigenvalue weighted by molar-refractivity contribution is 7.99. The van der Waals surface area contributed by atoms with Crippen LogP contribution in [0.5, 0.6) is 5.75 Å². The lowest BCUT2D eigenvalue weighted by molar-refractivity contribution is -0.118. The molecule has 0 spiro atoms. The summed E-state index contributed by atoms with van der Waals surface area (Å²) in [5, 5.41) is 13.2. The second-order valence-electron chi connectivity index (χ2n) is 6.68. The Labute approximate surface area is 195 Å². The monoisotopic (exact) mass is 459 g/mol. The Balaban J connectivity index is 1.45. The van der Waals surface area contributed by atoms with E-state index < -0.39 is 0 Å². The predicted octanol–water partition coefficient (Wildman–Crippen LogP) is 4.44. The highest BCUT2D eigenvalue weighted by Crippen LogP contribution is 2.28. The van der Waals surface area contributed by atoms with Crippen molar-refractivity contribution in [3.8, 4) is 22.8 Å². The number of rotatable bonds is 9. The van der Waals surface area contributed by atoms with Gasteiger partial charge in [0.05, 0.1) is 19.1 Å².